The quantitative estimate of drug-likeness (QED) is 0.877. The smallest absolute Gasteiger partial charge is 0.186 e. The summed E-state index contributed by atoms with van der Waals surface area (Å²) in [5, 5.41) is 3.47. The Labute approximate surface area is 112 Å². The second-order valence-corrected chi connectivity index (χ2v) is 5.20. The molecule has 0 bridgehead atoms. The Hall–Kier alpha value is -1.27. The zero-order chi connectivity index (χ0) is 13.2. The van der Waals surface area contributed by atoms with Crippen LogP contribution in [-0.2, 0) is 4.74 Å². The minimum absolute atomic E-state index is 0.137. The highest BCUT2D eigenvalue weighted by molar-refractivity contribution is 5.42. The molecule has 6 heteroatoms. The van der Waals surface area contributed by atoms with E-state index in [-0.39, 0.29) is 11.9 Å². The van der Waals surface area contributed by atoms with E-state index in [1.54, 1.807) is 6.92 Å². The number of hydrogen-bond donors (Lipinski definition) is 1. The number of hydrogen-bond acceptors (Lipinski definition) is 5. The fraction of sp³-hybridized carbons (Fsp3) is 0.692. The summed E-state index contributed by atoms with van der Waals surface area (Å²) in [7, 11) is 0. The van der Waals surface area contributed by atoms with E-state index in [0.717, 1.165) is 6.54 Å². The molecule has 1 aromatic rings. The van der Waals surface area contributed by atoms with Crippen molar-refractivity contribution >= 4 is 5.82 Å². The average molecular weight is 266 g/mol. The lowest BCUT2D eigenvalue weighted by atomic mass is 10.2. The molecule has 2 fully saturated rings. The molecule has 0 radical (unpaired) electrons. The molecule has 1 aromatic heterocycles. The molecule has 1 aliphatic heterocycles. The highest BCUT2D eigenvalue weighted by atomic mass is 19.1. The molecule has 0 amide bonds. The first-order valence-electron chi connectivity index (χ1n) is 6.80. The predicted octanol–water partition coefficient (Wildman–Crippen LogP) is 0.881. The van der Waals surface area contributed by atoms with Crippen molar-refractivity contribution in [2.75, 3.05) is 31.2 Å². The Morgan fingerprint density at radius 1 is 1.47 bits per heavy atom. The molecule has 1 atom stereocenters. The molecular weight excluding hydrogens is 247 g/mol. The van der Waals surface area contributed by atoms with Gasteiger partial charge in [0.25, 0.3) is 0 Å². The molecule has 3 rings (SSSR count). The van der Waals surface area contributed by atoms with Crippen LogP contribution in [0.25, 0.3) is 0 Å². The molecule has 5 nitrogen and oxygen atoms in total. The number of nitrogens with zero attached hydrogens (tertiary/aromatic N) is 3. The van der Waals surface area contributed by atoms with Gasteiger partial charge in [0, 0.05) is 19.1 Å². The lowest BCUT2D eigenvalue weighted by Crippen LogP contribution is -2.51. The maximum Gasteiger partial charge on any atom is 0.186 e. The molecule has 104 valence electrons. The summed E-state index contributed by atoms with van der Waals surface area (Å²) in [6.45, 7) is 4.38. The first kappa shape index (κ1) is 12.7. The van der Waals surface area contributed by atoms with Crippen LogP contribution >= 0.6 is 0 Å². The van der Waals surface area contributed by atoms with Crippen molar-refractivity contribution in [3.05, 3.63) is 17.8 Å². The largest absolute Gasteiger partial charge is 0.377 e. The van der Waals surface area contributed by atoms with Crippen LogP contribution in [-0.4, -0.2) is 48.4 Å². The van der Waals surface area contributed by atoms with Gasteiger partial charge in [-0.15, -0.1) is 0 Å². The van der Waals surface area contributed by atoms with E-state index in [4.69, 9.17) is 4.74 Å². The maximum absolute atomic E-state index is 14.1. The van der Waals surface area contributed by atoms with E-state index in [1.807, 2.05) is 4.90 Å². The van der Waals surface area contributed by atoms with Crippen molar-refractivity contribution in [3.63, 3.8) is 0 Å². The van der Waals surface area contributed by atoms with Gasteiger partial charge in [-0.05, 0) is 19.8 Å². The Balaban J connectivity index is 1.76. The summed E-state index contributed by atoms with van der Waals surface area (Å²) in [4.78, 5) is 10.00. The molecule has 2 heterocycles. The minimum Gasteiger partial charge on any atom is -0.377 e. The molecule has 1 saturated heterocycles. The molecule has 19 heavy (non-hydrogen) atoms. The normalized spacial score (nSPS) is 23.7. The standard InChI is InChI=1S/C13H19FN4O/c1-9-12(14)13(17-8-16-9)18-4-5-19-7-11(18)6-15-10-2-3-10/h8,10-11,15H,2-7H2,1H3. The predicted molar refractivity (Wildman–Crippen MR) is 69.7 cm³/mol. The van der Waals surface area contributed by atoms with Crippen LogP contribution in [0.4, 0.5) is 10.2 Å². The summed E-state index contributed by atoms with van der Waals surface area (Å²) in [5.41, 5.74) is 0.394. The molecule has 0 aromatic carbocycles. The minimum atomic E-state index is -0.319. The third-order valence-electron chi connectivity index (χ3n) is 3.66. The van der Waals surface area contributed by atoms with E-state index in [1.165, 1.54) is 19.2 Å². The van der Waals surface area contributed by atoms with Crippen molar-refractivity contribution in [2.24, 2.45) is 0 Å². The van der Waals surface area contributed by atoms with Gasteiger partial charge in [-0.2, -0.15) is 0 Å². The van der Waals surface area contributed by atoms with E-state index in [9.17, 15) is 4.39 Å². The van der Waals surface area contributed by atoms with Crippen LogP contribution in [0.5, 0.6) is 0 Å². The molecule has 1 aliphatic carbocycles. The molecule has 2 aliphatic rings. The van der Waals surface area contributed by atoms with Gasteiger partial charge >= 0.3 is 0 Å². The Kier molecular flexibility index (Phi) is 3.61. The average Bonchev–Trinajstić information content (AvgIpc) is 3.24. The zero-order valence-electron chi connectivity index (χ0n) is 11.1. The fourth-order valence-corrected chi connectivity index (χ4v) is 2.34. The monoisotopic (exact) mass is 266 g/mol. The third-order valence-corrected chi connectivity index (χ3v) is 3.66. The third kappa shape index (κ3) is 2.84. The van der Waals surface area contributed by atoms with Gasteiger partial charge < -0.3 is 15.0 Å². The number of ether oxygens (including phenoxy) is 1. The fourth-order valence-electron chi connectivity index (χ4n) is 2.34. The highest BCUT2D eigenvalue weighted by Crippen LogP contribution is 2.23. The van der Waals surface area contributed by atoms with Crippen LogP contribution in [0.3, 0.4) is 0 Å². The van der Waals surface area contributed by atoms with E-state index >= 15 is 0 Å². The first-order valence-corrected chi connectivity index (χ1v) is 6.80. The van der Waals surface area contributed by atoms with Crippen molar-refractivity contribution in [1.29, 1.82) is 0 Å². The van der Waals surface area contributed by atoms with Crippen LogP contribution in [0.15, 0.2) is 6.33 Å². The van der Waals surface area contributed by atoms with Gasteiger partial charge in [0.05, 0.1) is 24.9 Å². The summed E-state index contributed by atoms with van der Waals surface area (Å²) in [5.74, 6) is 0.0826. The van der Waals surface area contributed by atoms with Gasteiger partial charge in [0.15, 0.2) is 11.6 Å². The van der Waals surface area contributed by atoms with Crippen LogP contribution in [0.1, 0.15) is 18.5 Å². The summed E-state index contributed by atoms with van der Waals surface area (Å²) in [6.07, 6.45) is 3.91. The topological polar surface area (TPSA) is 50.3 Å². The lowest BCUT2D eigenvalue weighted by molar-refractivity contribution is 0.0928. The van der Waals surface area contributed by atoms with Gasteiger partial charge in [0.1, 0.15) is 6.33 Å². The first-order chi connectivity index (χ1) is 9.25. The number of halogens is 1. The van der Waals surface area contributed by atoms with Crippen molar-refractivity contribution < 1.29 is 9.13 Å². The van der Waals surface area contributed by atoms with Gasteiger partial charge in [-0.1, -0.05) is 0 Å². The summed E-state index contributed by atoms with van der Waals surface area (Å²) >= 11 is 0. The van der Waals surface area contributed by atoms with E-state index < -0.39 is 0 Å². The summed E-state index contributed by atoms with van der Waals surface area (Å²) in [6, 6.07) is 0.777. The van der Waals surface area contributed by atoms with E-state index in [0.29, 0.717) is 37.3 Å². The number of aromatic nitrogens is 2. The van der Waals surface area contributed by atoms with Crippen LogP contribution in [0, 0.1) is 12.7 Å². The SMILES string of the molecule is Cc1ncnc(N2CCOCC2CNC2CC2)c1F. The number of rotatable bonds is 4. The Morgan fingerprint density at radius 2 is 2.32 bits per heavy atom. The van der Waals surface area contributed by atoms with Crippen molar-refractivity contribution in [1.82, 2.24) is 15.3 Å². The van der Waals surface area contributed by atoms with Gasteiger partial charge in [-0.25, -0.2) is 14.4 Å². The maximum atomic E-state index is 14.1. The number of morpholine rings is 1. The summed E-state index contributed by atoms with van der Waals surface area (Å²) < 4.78 is 19.7. The van der Waals surface area contributed by atoms with E-state index in [2.05, 4.69) is 15.3 Å². The molecule has 1 saturated carbocycles. The zero-order valence-corrected chi connectivity index (χ0v) is 11.1. The highest BCUT2D eigenvalue weighted by Gasteiger charge is 2.29. The second kappa shape index (κ2) is 5.38. The number of anilines is 1. The Bertz CT molecular complexity index is 452. The molecule has 1 N–H and O–H groups in total. The van der Waals surface area contributed by atoms with Crippen LogP contribution in [0.2, 0.25) is 0 Å². The van der Waals surface area contributed by atoms with Crippen molar-refractivity contribution in [2.45, 2.75) is 31.8 Å². The second-order valence-electron chi connectivity index (χ2n) is 5.20. The van der Waals surface area contributed by atoms with Gasteiger partial charge in [-0.3, -0.25) is 0 Å². The molecular formula is C13H19FN4O. The number of aryl methyl sites for hydroxylation is 1. The van der Waals surface area contributed by atoms with Crippen LogP contribution < -0.4 is 10.2 Å². The van der Waals surface area contributed by atoms with Gasteiger partial charge in [0.2, 0.25) is 0 Å². The molecule has 0 spiro atoms. The number of nitrogens with one attached hydrogen (secondary N) is 1. The van der Waals surface area contributed by atoms with Crippen molar-refractivity contribution in [3.8, 4) is 0 Å². The Morgan fingerprint density at radius 3 is 3.11 bits per heavy atom. The molecule has 1 unspecified atom stereocenters. The lowest BCUT2D eigenvalue weighted by Gasteiger charge is -2.36.